The van der Waals surface area contributed by atoms with Crippen molar-refractivity contribution < 1.29 is 40.7 Å². The van der Waals surface area contributed by atoms with E-state index in [-0.39, 0.29) is 41.5 Å². The molecular formula is C23H17F3N6O6S. The van der Waals surface area contributed by atoms with Gasteiger partial charge in [-0.3, -0.25) is 14.3 Å². The lowest BCUT2D eigenvalue weighted by atomic mass is 10.1. The molecule has 0 fully saturated rings. The van der Waals surface area contributed by atoms with Crippen LogP contribution in [-0.4, -0.2) is 48.2 Å². The molecule has 5 rings (SSSR count). The quantitative estimate of drug-likeness (QED) is 0.267. The first-order valence-corrected chi connectivity index (χ1v) is 12.5. The molecule has 0 saturated carbocycles. The maximum atomic E-state index is 12.9. The van der Waals surface area contributed by atoms with Crippen LogP contribution in [0.1, 0.15) is 16.1 Å². The summed E-state index contributed by atoms with van der Waals surface area (Å²) in [5.41, 5.74) is 1.16. The predicted molar refractivity (Wildman–Crippen MR) is 130 cm³/mol. The summed E-state index contributed by atoms with van der Waals surface area (Å²) in [4.78, 5) is 34.7. The fourth-order valence-electron chi connectivity index (χ4n) is 3.74. The largest absolute Gasteiger partial charge is 0.573 e. The Morgan fingerprint density at radius 1 is 1.15 bits per heavy atom. The Labute approximate surface area is 217 Å². The Bertz CT molecular complexity index is 1710. The van der Waals surface area contributed by atoms with E-state index >= 15 is 0 Å². The number of nitrogens with one attached hydrogen (secondary N) is 4. The van der Waals surface area contributed by atoms with Crippen LogP contribution in [0.15, 0.2) is 59.9 Å². The third-order valence-corrected chi connectivity index (χ3v) is 6.77. The van der Waals surface area contributed by atoms with E-state index < -0.39 is 32.9 Å². The molecule has 0 saturated heterocycles. The minimum Gasteiger partial charge on any atom is -0.482 e. The van der Waals surface area contributed by atoms with Crippen LogP contribution in [0.2, 0.25) is 0 Å². The first kappa shape index (κ1) is 25.8. The van der Waals surface area contributed by atoms with Gasteiger partial charge in [-0.15, -0.1) is 13.2 Å². The van der Waals surface area contributed by atoms with E-state index in [1.54, 1.807) is 18.2 Å². The lowest BCUT2D eigenvalue weighted by Gasteiger charge is -2.18. The van der Waals surface area contributed by atoms with Crippen LogP contribution in [0.3, 0.4) is 0 Å². The second kappa shape index (κ2) is 9.79. The molecule has 0 spiro atoms. The van der Waals surface area contributed by atoms with Crippen molar-refractivity contribution in [2.75, 3.05) is 16.6 Å². The van der Waals surface area contributed by atoms with Crippen LogP contribution in [-0.2, 0) is 21.4 Å². The Hall–Kier alpha value is -4.86. The number of sulfonamides is 1. The van der Waals surface area contributed by atoms with Crippen LogP contribution in [0.4, 0.5) is 24.5 Å². The minimum atomic E-state index is -5.00. The third-order valence-electron chi connectivity index (χ3n) is 5.40. The van der Waals surface area contributed by atoms with Crippen molar-refractivity contribution in [1.82, 2.24) is 20.3 Å². The highest BCUT2D eigenvalue weighted by Gasteiger charge is 2.31. The summed E-state index contributed by atoms with van der Waals surface area (Å²) < 4.78 is 74.6. The molecule has 39 heavy (non-hydrogen) atoms. The summed E-state index contributed by atoms with van der Waals surface area (Å²) in [7, 11) is -4.36. The second-order valence-electron chi connectivity index (χ2n) is 8.13. The Balaban J connectivity index is 1.33. The standard InChI is InChI=1S/C23H17F3N6O6S/c24-23(25,26)38-13-2-1-3-14(7-13)39(35,36)32-16-9-27-20-19(16)29-11-30-21(20)22(34)28-8-12-4-5-17-15(6-12)31-18(33)10-37-17/h1-7,9,11,27,32H,8,10H2,(H,28,34)(H,31,33). The van der Waals surface area contributed by atoms with Crippen molar-refractivity contribution in [3.05, 3.63) is 66.2 Å². The predicted octanol–water partition coefficient (Wildman–Crippen LogP) is 2.92. The number of benzene rings is 2. The fourth-order valence-corrected chi connectivity index (χ4v) is 4.83. The van der Waals surface area contributed by atoms with Gasteiger partial charge in [0.2, 0.25) is 0 Å². The molecular weight excluding hydrogens is 545 g/mol. The number of amides is 2. The average Bonchev–Trinajstić information content (AvgIpc) is 3.28. The van der Waals surface area contributed by atoms with Gasteiger partial charge < -0.3 is 25.1 Å². The van der Waals surface area contributed by atoms with E-state index in [1.165, 1.54) is 6.20 Å². The van der Waals surface area contributed by atoms with Crippen molar-refractivity contribution in [2.24, 2.45) is 0 Å². The molecule has 0 bridgehead atoms. The molecule has 1 aliphatic rings. The molecule has 4 aromatic rings. The SMILES string of the molecule is O=C1COc2ccc(CNC(=O)c3ncnc4c(NS(=O)(=O)c5cccc(OC(F)(F)F)c5)c[nH]c34)cc2N1. The minimum absolute atomic E-state index is 0.0510. The van der Waals surface area contributed by atoms with Gasteiger partial charge >= 0.3 is 6.36 Å². The highest BCUT2D eigenvalue weighted by atomic mass is 32.2. The molecule has 3 heterocycles. The molecule has 4 N–H and O–H groups in total. The van der Waals surface area contributed by atoms with Gasteiger partial charge in [0.25, 0.3) is 21.8 Å². The maximum Gasteiger partial charge on any atom is 0.573 e. The number of ether oxygens (including phenoxy) is 2. The van der Waals surface area contributed by atoms with Gasteiger partial charge in [-0.2, -0.15) is 0 Å². The normalized spacial score (nSPS) is 13.3. The van der Waals surface area contributed by atoms with E-state index in [4.69, 9.17) is 4.74 Å². The summed E-state index contributed by atoms with van der Waals surface area (Å²) in [6.07, 6.45) is -2.70. The van der Waals surface area contributed by atoms with Gasteiger partial charge in [-0.1, -0.05) is 12.1 Å². The molecule has 2 aromatic carbocycles. The van der Waals surface area contributed by atoms with Crippen LogP contribution in [0, 0.1) is 0 Å². The van der Waals surface area contributed by atoms with E-state index in [1.807, 2.05) is 0 Å². The number of alkyl halides is 3. The summed E-state index contributed by atoms with van der Waals surface area (Å²) in [6.45, 7) is -0.00996. The van der Waals surface area contributed by atoms with Crippen molar-refractivity contribution in [1.29, 1.82) is 0 Å². The lowest BCUT2D eigenvalue weighted by molar-refractivity contribution is -0.274. The van der Waals surface area contributed by atoms with Crippen molar-refractivity contribution in [3.63, 3.8) is 0 Å². The third kappa shape index (κ3) is 5.69. The van der Waals surface area contributed by atoms with Gasteiger partial charge in [-0.25, -0.2) is 18.4 Å². The van der Waals surface area contributed by atoms with Crippen LogP contribution < -0.4 is 24.8 Å². The lowest BCUT2D eigenvalue weighted by Crippen LogP contribution is -2.26. The number of nitrogens with zero attached hydrogens (tertiary/aromatic N) is 2. The average molecular weight is 562 g/mol. The van der Waals surface area contributed by atoms with Gasteiger partial charge in [0.05, 0.1) is 21.8 Å². The van der Waals surface area contributed by atoms with E-state index in [9.17, 15) is 31.2 Å². The van der Waals surface area contributed by atoms with Gasteiger partial charge in [0, 0.05) is 18.8 Å². The Kier molecular flexibility index (Phi) is 6.47. The van der Waals surface area contributed by atoms with E-state index in [0.29, 0.717) is 17.0 Å². The number of carbonyl (C=O) groups excluding carboxylic acids is 2. The molecule has 0 unspecified atom stereocenters. The Morgan fingerprint density at radius 2 is 1.97 bits per heavy atom. The topological polar surface area (TPSA) is 164 Å². The van der Waals surface area contributed by atoms with E-state index in [2.05, 4.69) is 35.0 Å². The molecule has 1 aliphatic heterocycles. The van der Waals surface area contributed by atoms with Gasteiger partial charge in [-0.05, 0) is 29.8 Å². The molecule has 2 aromatic heterocycles. The summed E-state index contributed by atoms with van der Waals surface area (Å²) in [5.74, 6) is -1.11. The molecule has 12 nitrogen and oxygen atoms in total. The maximum absolute atomic E-state index is 12.9. The van der Waals surface area contributed by atoms with Crippen LogP contribution >= 0.6 is 0 Å². The number of rotatable bonds is 7. The number of aromatic nitrogens is 3. The molecule has 16 heteroatoms. The number of H-pyrrole nitrogens is 1. The smallest absolute Gasteiger partial charge is 0.482 e. The molecule has 202 valence electrons. The monoisotopic (exact) mass is 562 g/mol. The van der Waals surface area contributed by atoms with Crippen molar-refractivity contribution in [2.45, 2.75) is 17.8 Å². The first-order valence-electron chi connectivity index (χ1n) is 11.0. The second-order valence-corrected chi connectivity index (χ2v) is 9.81. The highest BCUT2D eigenvalue weighted by Crippen LogP contribution is 2.30. The fraction of sp³-hybridized carbons (Fsp3) is 0.130. The zero-order valence-electron chi connectivity index (χ0n) is 19.5. The van der Waals surface area contributed by atoms with Crippen LogP contribution in [0.5, 0.6) is 11.5 Å². The summed E-state index contributed by atoms with van der Waals surface area (Å²) >= 11 is 0. The van der Waals surface area contributed by atoms with Crippen molar-refractivity contribution >= 4 is 44.2 Å². The van der Waals surface area contributed by atoms with E-state index in [0.717, 1.165) is 30.6 Å². The number of aromatic amines is 1. The zero-order chi connectivity index (χ0) is 27.8. The number of halogens is 3. The van der Waals surface area contributed by atoms with Gasteiger partial charge in [0.15, 0.2) is 12.3 Å². The number of carbonyl (C=O) groups is 2. The zero-order valence-corrected chi connectivity index (χ0v) is 20.3. The van der Waals surface area contributed by atoms with Gasteiger partial charge in [0.1, 0.15) is 23.3 Å². The van der Waals surface area contributed by atoms with Crippen molar-refractivity contribution in [3.8, 4) is 11.5 Å². The molecule has 0 radical (unpaired) electrons. The summed E-state index contributed by atoms with van der Waals surface area (Å²) in [6, 6.07) is 8.89. The number of hydrogen-bond acceptors (Lipinski definition) is 8. The summed E-state index contributed by atoms with van der Waals surface area (Å²) in [5, 5.41) is 5.36. The molecule has 2 amide bonds. The highest BCUT2D eigenvalue weighted by molar-refractivity contribution is 7.92. The number of anilines is 2. The number of fused-ring (bicyclic) bond motifs is 2. The molecule has 0 atom stereocenters. The number of hydrogen-bond donors (Lipinski definition) is 4. The molecule has 0 aliphatic carbocycles. The first-order chi connectivity index (χ1) is 18.5. The Morgan fingerprint density at radius 3 is 2.77 bits per heavy atom. The van der Waals surface area contributed by atoms with Crippen LogP contribution in [0.25, 0.3) is 11.0 Å².